The van der Waals surface area contributed by atoms with E-state index >= 15 is 0 Å². The van der Waals surface area contributed by atoms with Crippen molar-refractivity contribution in [2.45, 2.75) is 13.8 Å². The van der Waals surface area contributed by atoms with Crippen LogP contribution >= 0.6 is 11.6 Å². The van der Waals surface area contributed by atoms with Crippen molar-refractivity contribution in [2.24, 2.45) is 0 Å². The van der Waals surface area contributed by atoms with Crippen LogP contribution in [0.3, 0.4) is 0 Å². The third-order valence-electron chi connectivity index (χ3n) is 4.16. The molecule has 1 N–H and O–H groups in total. The molecule has 0 atom stereocenters. The molecule has 2 aromatic rings. The van der Waals surface area contributed by atoms with Gasteiger partial charge in [-0.1, -0.05) is 17.7 Å². The van der Waals surface area contributed by atoms with Gasteiger partial charge in [-0.15, -0.1) is 0 Å². The van der Waals surface area contributed by atoms with E-state index < -0.39 is 29.2 Å². The zero-order valence-corrected chi connectivity index (χ0v) is 15.2. The number of aryl methyl sites for hydroxylation is 2. The zero-order valence-electron chi connectivity index (χ0n) is 14.4. The summed E-state index contributed by atoms with van der Waals surface area (Å²) in [7, 11) is 0. The summed E-state index contributed by atoms with van der Waals surface area (Å²) in [5.74, 6) is -2.03. The van der Waals surface area contributed by atoms with E-state index in [-0.39, 0.29) is 16.8 Å². The average Bonchev–Trinajstić information content (AvgIpc) is 2.82. The summed E-state index contributed by atoms with van der Waals surface area (Å²) in [6.07, 6.45) is 0. The first-order valence-corrected chi connectivity index (χ1v) is 8.28. The molecule has 138 valence electrons. The fraction of sp³-hybridized carbons (Fsp3) is 0.167. The highest BCUT2D eigenvalue weighted by Crippen LogP contribution is 2.29. The summed E-state index contributed by atoms with van der Waals surface area (Å²) >= 11 is 6.15. The summed E-state index contributed by atoms with van der Waals surface area (Å²) in [5, 5.41) is 13.8. The molecule has 0 radical (unpaired) electrons. The number of hydrogen-bond acceptors (Lipinski definition) is 5. The van der Waals surface area contributed by atoms with Crippen LogP contribution in [0.5, 0.6) is 0 Å². The molecular weight excluding hydrogens is 374 g/mol. The number of hydrogen-bond donors (Lipinski definition) is 1. The Labute approximate surface area is 158 Å². The molecule has 9 heteroatoms. The van der Waals surface area contributed by atoms with Gasteiger partial charge < -0.3 is 5.32 Å². The quantitative estimate of drug-likeness (QED) is 0.492. The highest BCUT2D eigenvalue weighted by atomic mass is 35.5. The Bertz CT molecular complexity index is 995. The summed E-state index contributed by atoms with van der Waals surface area (Å²) in [6.45, 7) is 3.11. The molecule has 27 heavy (non-hydrogen) atoms. The highest BCUT2D eigenvalue weighted by molar-refractivity contribution is 6.34. The van der Waals surface area contributed by atoms with Crippen molar-refractivity contribution >= 4 is 40.7 Å². The van der Waals surface area contributed by atoms with Crippen LogP contribution < -0.4 is 5.32 Å². The second-order valence-electron chi connectivity index (χ2n) is 6.17. The van der Waals surface area contributed by atoms with Gasteiger partial charge >= 0.3 is 0 Å². The number of rotatable bonds is 4. The molecule has 8 nitrogen and oxygen atoms in total. The van der Waals surface area contributed by atoms with Crippen molar-refractivity contribution in [3.05, 3.63) is 67.7 Å². The summed E-state index contributed by atoms with van der Waals surface area (Å²) in [5.41, 5.74) is 1.71. The number of nitrogens with one attached hydrogen (secondary N) is 1. The molecule has 3 rings (SSSR count). The van der Waals surface area contributed by atoms with Gasteiger partial charge in [-0.25, -0.2) is 0 Å². The number of benzene rings is 2. The lowest BCUT2D eigenvalue weighted by Gasteiger charge is -2.15. The van der Waals surface area contributed by atoms with Crippen molar-refractivity contribution in [1.82, 2.24) is 4.90 Å². The molecule has 1 aliphatic heterocycles. The first kappa shape index (κ1) is 18.5. The Morgan fingerprint density at radius 1 is 1.15 bits per heavy atom. The van der Waals surface area contributed by atoms with Crippen LogP contribution in [0.25, 0.3) is 0 Å². The Hall–Kier alpha value is -3.26. The molecule has 1 heterocycles. The van der Waals surface area contributed by atoms with E-state index in [1.807, 2.05) is 13.0 Å². The number of carbonyl (C=O) groups is 3. The van der Waals surface area contributed by atoms with Crippen LogP contribution in [-0.4, -0.2) is 34.1 Å². The summed E-state index contributed by atoms with van der Waals surface area (Å²) in [6, 6.07) is 6.91. The average molecular weight is 388 g/mol. The highest BCUT2D eigenvalue weighted by Gasteiger charge is 2.37. The second kappa shape index (κ2) is 6.81. The van der Waals surface area contributed by atoms with E-state index in [2.05, 4.69) is 5.32 Å². The van der Waals surface area contributed by atoms with Gasteiger partial charge in [-0.2, -0.15) is 0 Å². The Balaban J connectivity index is 1.80. The minimum atomic E-state index is -0.749. The minimum Gasteiger partial charge on any atom is -0.323 e. The number of halogens is 1. The molecular formula is C18H14ClN3O5. The SMILES string of the molecule is Cc1cc(C)c(NC(=O)CN2C(=O)c3ccc([N+](=O)[O-])cc3C2=O)c(Cl)c1. The maximum absolute atomic E-state index is 12.4. The zero-order chi connectivity index (χ0) is 19.9. The number of nitrogens with zero attached hydrogens (tertiary/aromatic N) is 2. The number of imide groups is 1. The largest absolute Gasteiger partial charge is 0.323 e. The van der Waals surface area contributed by atoms with Crippen LogP contribution in [0.15, 0.2) is 30.3 Å². The van der Waals surface area contributed by atoms with Gasteiger partial charge in [0.2, 0.25) is 5.91 Å². The molecule has 3 amide bonds. The lowest BCUT2D eigenvalue weighted by Crippen LogP contribution is -2.37. The van der Waals surface area contributed by atoms with Crippen LogP contribution in [-0.2, 0) is 4.79 Å². The van der Waals surface area contributed by atoms with E-state index in [0.717, 1.165) is 28.2 Å². The van der Waals surface area contributed by atoms with Crippen molar-refractivity contribution in [2.75, 3.05) is 11.9 Å². The smallest absolute Gasteiger partial charge is 0.270 e. The number of anilines is 1. The van der Waals surface area contributed by atoms with E-state index in [1.54, 1.807) is 13.0 Å². The molecule has 0 saturated carbocycles. The molecule has 0 fully saturated rings. The fourth-order valence-electron chi connectivity index (χ4n) is 2.93. The Kier molecular flexibility index (Phi) is 4.67. The first-order chi connectivity index (χ1) is 12.7. The second-order valence-corrected chi connectivity index (χ2v) is 6.58. The summed E-state index contributed by atoms with van der Waals surface area (Å²) in [4.78, 5) is 48.1. The van der Waals surface area contributed by atoms with Crippen molar-refractivity contribution < 1.29 is 19.3 Å². The number of nitro benzene ring substituents is 1. The molecule has 0 aliphatic carbocycles. The third-order valence-corrected chi connectivity index (χ3v) is 4.46. The Morgan fingerprint density at radius 3 is 2.44 bits per heavy atom. The maximum atomic E-state index is 12.4. The minimum absolute atomic E-state index is 0.0305. The predicted octanol–water partition coefficient (Wildman–Crippen LogP) is 3.10. The number of nitro groups is 1. The van der Waals surface area contributed by atoms with Crippen LogP contribution in [0.1, 0.15) is 31.8 Å². The summed E-state index contributed by atoms with van der Waals surface area (Å²) < 4.78 is 0. The van der Waals surface area contributed by atoms with Gasteiger partial charge in [0.1, 0.15) is 6.54 Å². The van der Waals surface area contributed by atoms with Gasteiger partial charge in [0.25, 0.3) is 17.5 Å². The van der Waals surface area contributed by atoms with Crippen molar-refractivity contribution in [1.29, 1.82) is 0 Å². The molecule has 0 unspecified atom stereocenters. The van der Waals surface area contributed by atoms with Crippen LogP contribution in [0.2, 0.25) is 5.02 Å². The number of carbonyl (C=O) groups excluding carboxylic acids is 3. The van der Waals surface area contributed by atoms with Crippen LogP contribution in [0, 0.1) is 24.0 Å². The standard InChI is InChI=1S/C18H14ClN3O5/c1-9-5-10(2)16(14(19)6-9)20-15(23)8-21-17(24)12-4-3-11(22(26)27)7-13(12)18(21)25/h3-7H,8H2,1-2H3,(H,20,23). The number of non-ortho nitro benzene ring substituents is 1. The number of amides is 3. The van der Waals surface area contributed by atoms with Crippen molar-refractivity contribution in [3.63, 3.8) is 0 Å². The third kappa shape index (κ3) is 3.39. The normalized spacial score (nSPS) is 12.9. The molecule has 2 aromatic carbocycles. The molecule has 1 aliphatic rings. The monoisotopic (exact) mass is 387 g/mol. The lowest BCUT2D eigenvalue weighted by molar-refractivity contribution is -0.384. The van der Waals surface area contributed by atoms with E-state index in [1.165, 1.54) is 6.07 Å². The topological polar surface area (TPSA) is 110 Å². The van der Waals surface area contributed by atoms with Crippen molar-refractivity contribution in [3.8, 4) is 0 Å². The van der Waals surface area contributed by atoms with E-state index in [0.29, 0.717) is 10.7 Å². The first-order valence-electron chi connectivity index (χ1n) is 7.90. The molecule has 0 aromatic heterocycles. The lowest BCUT2D eigenvalue weighted by atomic mass is 10.1. The van der Waals surface area contributed by atoms with Gasteiger partial charge in [0.05, 0.1) is 26.8 Å². The number of fused-ring (bicyclic) bond motifs is 1. The molecule has 0 saturated heterocycles. The Morgan fingerprint density at radius 2 is 1.81 bits per heavy atom. The molecule has 0 bridgehead atoms. The van der Waals surface area contributed by atoms with E-state index in [9.17, 15) is 24.5 Å². The molecule has 0 spiro atoms. The van der Waals surface area contributed by atoms with E-state index in [4.69, 9.17) is 11.6 Å². The predicted molar refractivity (Wildman–Crippen MR) is 98.0 cm³/mol. The van der Waals surface area contributed by atoms with Gasteiger partial charge in [-0.3, -0.25) is 29.4 Å². The maximum Gasteiger partial charge on any atom is 0.270 e. The van der Waals surface area contributed by atoms with Gasteiger partial charge in [0.15, 0.2) is 0 Å². The van der Waals surface area contributed by atoms with Crippen LogP contribution in [0.4, 0.5) is 11.4 Å². The fourth-order valence-corrected chi connectivity index (χ4v) is 3.30. The van der Waals surface area contributed by atoms with Gasteiger partial charge in [0, 0.05) is 12.1 Å². The van der Waals surface area contributed by atoms with Gasteiger partial charge in [-0.05, 0) is 37.1 Å².